The number of esters is 1. The van der Waals surface area contributed by atoms with Crippen LogP contribution in [0.4, 0.5) is 4.39 Å². The average molecular weight is 292 g/mol. The number of unbranched alkanes of at least 4 members (excludes halogenated alkanes) is 2. The molecule has 0 aromatic carbocycles. The van der Waals surface area contributed by atoms with E-state index < -0.39 is 6.17 Å². The summed E-state index contributed by atoms with van der Waals surface area (Å²) in [6.45, 7) is 6.29. The molecule has 114 valence electrons. The Labute approximate surface area is 121 Å². The Morgan fingerprint density at radius 1 is 1.16 bits per heavy atom. The van der Waals surface area contributed by atoms with Gasteiger partial charge in [0.2, 0.25) is 0 Å². The number of hydrogen-bond donors (Lipinski definition) is 0. The van der Waals surface area contributed by atoms with E-state index in [1.165, 1.54) is 0 Å². The summed E-state index contributed by atoms with van der Waals surface area (Å²) < 4.78 is 17.9. The summed E-state index contributed by atoms with van der Waals surface area (Å²) in [4.78, 5) is 11.9. The molecule has 0 heterocycles. The maximum atomic E-state index is 12.6. The van der Waals surface area contributed by atoms with Crippen LogP contribution >= 0.6 is 11.8 Å². The van der Waals surface area contributed by atoms with Crippen LogP contribution in [0.3, 0.4) is 0 Å². The van der Waals surface area contributed by atoms with Crippen molar-refractivity contribution in [1.29, 1.82) is 0 Å². The van der Waals surface area contributed by atoms with Crippen LogP contribution in [0.2, 0.25) is 0 Å². The predicted octanol–water partition coefficient (Wildman–Crippen LogP) is 4.76. The van der Waals surface area contributed by atoms with Gasteiger partial charge in [-0.2, -0.15) is 0 Å². The zero-order valence-electron chi connectivity index (χ0n) is 12.6. The van der Waals surface area contributed by atoms with E-state index in [0.717, 1.165) is 44.3 Å². The van der Waals surface area contributed by atoms with Crippen molar-refractivity contribution in [2.24, 2.45) is 0 Å². The van der Waals surface area contributed by atoms with Gasteiger partial charge in [-0.1, -0.05) is 26.7 Å². The molecule has 2 atom stereocenters. The Morgan fingerprint density at radius 3 is 2.47 bits per heavy atom. The van der Waals surface area contributed by atoms with E-state index in [-0.39, 0.29) is 11.2 Å². The number of rotatable bonds is 12. The molecule has 0 aliphatic carbocycles. The van der Waals surface area contributed by atoms with Crippen LogP contribution in [-0.4, -0.2) is 29.8 Å². The van der Waals surface area contributed by atoms with Gasteiger partial charge >= 0.3 is 5.97 Å². The lowest BCUT2D eigenvalue weighted by Crippen LogP contribution is -2.21. The lowest BCUT2D eigenvalue weighted by Gasteiger charge is -2.15. The van der Waals surface area contributed by atoms with Crippen molar-refractivity contribution in [2.45, 2.75) is 77.1 Å². The number of alkyl halides is 1. The van der Waals surface area contributed by atoms with Gasteiger partial charge < -0.3 is 4.74 Å². The maximum Gasteiger partial charge on any atom is 0.319 e. The first kappa shape index (κ1) is 18.8. The first-order valence-electron chi connectivity index (χ1n) is 7.54. The largest absolute Gasteiger partial charge is 0.465 e. The number of hydrogen-bond acceptors (Lipinski definition) is 3. The third-order valence-corrected chi connectivity index (χ3v) is 4.23. The van der Waals surface area contributed by atoms with Crippen LogP contribution in [0.15, 0.2) is 0 Å². The molecule has 0 aliphatic rings. The molecule has 2 unspecified atom stereocenters. The number of thioether (sulfide) groups is 1. The maximum absolute atomic E-state index is 12.6. The highest BCUT2D eigenvalue weighted by Crippen LogP contribution is 2.20. The van der Waals surface area contributed by atoms with Gasteiger partial charge in [0.05, 0.1) is 12.8 Å². The Hall–Kier alpha value is -0.250. The van der Waals surface area contributed by atoms with Crippen molar-refractivity contribution >= 4 is 17.7 Å². The van der Waals surface area contributed by atoms with Gasteiger partial charge in [0, 0.05) is 0 Å². The highest BCUT2D eigenvalue weighted by Gasteiger charge is 2.19. The Balaban J connectivity index is 3.80. The zero-order chi connectivity index (χ0) is 14.5. The van der Waals surface area contributed by atoms with E-state index >= 15 is 0 Å². The fraction of sp³-hybridized carbons (Fsp3) is 0.933. The zero-order valence-corrected chi connectivity index (χ0v) is 13.4. The van der Waals surface area contributed by atoms with Crippen LogP contribution < -0.4 is 0 Å². The van der Waals surface area contributed by atoms with Gasteiger partial charge in [0.25, 0.3) is 0 Å². The molecule has 0 aromatic heterocycles. The van der Waals surface area contributed by atoms with Crippen molar-refractivity contribution < 1.29 is 13.9 Å². The number of halogens is 1. The number of carbonyl (C=O) groups excluding carboxylic acids is 1. The Bertz CT molecular complexity index is 222. The summed E-state index contributed by atoms with van der Waals surface area (Å²) in [5.74, 6) is 0.847. The van der Waals surface area contributed by atoms with Gasteiger partial charge in [-0.15, -0.1) is 11.8 Å². The SMILES string of the molecule is CCCCOC(=O)C(CCC)SCCCCC(C)F. The smallest absolute Gasteiger partial charge is 0.319 e. The summed E-state index contributed by atoms with van der Waals surface area (Å²) in [5, 5.41) is -0.0374. The lowest BCUT2D eigenvalue weighted by atomic mass is 10.2. The Morgan fingerprint density at radius 2 is 1.89 bits per heavy atom. The van der Waals surface area contributed by atoms with Gasteiger partial charge in [-0.3, -0.25) is 4.79 Å². The monoisotopic (exact) mass is 292 g/mol. The molecule has 0 aliphatic heterocycles. The second-order valence-electron chi connectivity index (χ2n) is 4.95. The molecule has 0 aromatic rings. The van der Waals surface area contributed by atoms with Crippen LogP contribution in [0.25, 0.3) is 0 Å². The fourth-order valence-electron chi connectivity index (χ4n) is 1.69. The van der Waals surface area contributed by atoms with E-state index in [4.69, 9.17) is 4.74 Å². The first-order chi connectivity index (χ1) is 9.11. The lowest BCUT2D eigenvalue weighted by molar-refractivity contribution is -0.143. The van der Waals surface area contributed by atoms with Gasteiger partial charge in [-0.25, -0.2) is 4.39 Å². The molecule has 0 bridgehead atoms. The second-order valence-corrected chi connectivity index (χ2v) is 6.26. The average Bonchev–Trinajstić information content (AvgIpc) is 2.37. The highest BCUT2D eigenvalue weighted by atomic mass is 32.2. The molecule has 0 saturated heterocycles. The Kier molecular flexibility index (Phi) is 12.6. The molecule has 19 heavy (non-hydrogen) atoms. The van der Waals surface area contributed by atoms with E-state index in [0.29, 0.717) is 13.0 Å². The van der Waals surface area contributed by atoms with Crippen LogP contribution in [0.1, 0.15) is 65.7 Å². The molecule has 2 nitrogen and oxygen atoms in total. The van der Waals surface area contributed by atoms with Crippen LogP contribution in [-0.2, 0) is 9.53 Å². The van der Waals surface area contributed by atoms with Crippen LogP contribution in [0, 0.1) is 0 Å². The fourth-order valence-corrected chi connectivity index (χ4v) is 2.96. The summed E-state index contributed by atoms with van der Waals surface area (Å²) >= 11 is 1.67. The highest BCUT2D eigenvalue weighted by molar-refractivity contribution is 8.00. The number of carbonyl (C=O) groups is 1. The third kappa shape index (κ3) is 11.3. The van der Waals surface area contributed by atoms with Gasteiger partial charge in [0.15, 0.2) is 0 Å². The molecule has 0 fully saturated rings. The van der Waals surface area contributed by atoms with Crippen molar-refractivity contribution in [1.82, 2.24) is 0 Å². The summed E-state index contributed by atoms with van der Waals surface area (Å²) in [6, 6.07) is 0. The van der Waals surface area contributed by atoms with E-state index in [1.807, 2.05) is 0 Å². The molecule has 0 amide bonds. The molecular formula is C15H29FO2S. The molecular weight excluding hydrogens is 263 g/mol. The summed E-state index contributed by atoms with van der Waals surface area (Å²) in [5.41, 5.74) is 0. The number of ether oxygens (including phenoxy) is 1. The topological polar surface area (TPSA) is 26.3 Å². The van der Waals surface area contributed by atoms with E-state index in [9.17, 15) is 9.18 Å². The molecule has 4 heteroatoms. The normalized spacial score (nSPS) is 14.1. The first-order valence-corrected chi connectivity index (χ1v) is 8.59. The summed E-state index contributed by atoms with van der Waals surface area (Å²) in [6.07, 6.45) is 5.62. The molecule has 0 N–H and O–H groups in total. The third-order valence-electron chi connectivity index (χ3n) is 2.87. The minimum Gasteiger partial charge on any atom is -0.465 e. The summed E-state index contributed by atoms with van der Waals surface area (Å²) in [7, 11) is 0. The van der Waals surface area contributed by atoms with Crippen molar-refractivity contribution in [2.75, 3.05) is 12.4 Å². The molecule has 0 spiro atoms. The van der Waals surface area contributed by atoms with Crippen molar-refractivity contribution in [3.05, 3.63) is 0 Å². The predicted molar refractivity (Wildman–Crippen MR) is 81.4 cm³/mol. The quantitative estimate of drug-likeness (QED) is 0.383. The van der Waals surface area contributed by atoms with Crippen LogP contribution in [0.5, 0.6) is 0 Å². The second kappa shape index (κ2) is 12.8. The molecule has 0 saturated carbocycles. The van der Waals surface area contributed by atoms with Crippen molar-refractivity contribution in [3.8, 4) is 0 Å². The minimum absolute atomic E-state index is 0.0374. The van der Waals surface area contributed by atoms with E-state index in [2.05, 4.69) is 13.8 Å². The van der Waals surface area contributed by atoms with Gasteiger partial charge in [0.1, 0.15) is 5.25 Å². The molecule has 0 radical (unpaired) electrons. The molecule has 0 rings (SSSR count). The van der Waals surface area contributed by atoms with Crippen molar-refractivity contribution in [3.63, 3.8) is 0 Å². The minimum atomic E-state index is -0.713. The van der Waals surface area contributed by atoms with Gasteiger partial charge in [-0.05, 0) is 44.8 Å². The standard InChI is InChI=1S/C15H29FO2S/c1-4-6-11-18-15(17)14(9-5-2)19-12-8-7-10-13(3)16/h13-14H,4-12H2,1-3H3. The van der Waals surface area contributed by atoms with E-state index in [1.54, 1.807) is 18.7 Å².